The van der Waals surface area contributed by atoms with Gasteiger partial charge in [0.25, 0.3) is 0 Å². The maximum atomic E-state index is 11.1. The summed E-state index contributed by atoms with van der Waals surface area (Å²) in [4.78, 5) is 19.8. The minimum Gasteiger partial charge on any atom is -0.478 e. The molecule has 0 atom stereocenters. The molecule has 0 aliphatic carbocycles. The van der Waals surface area contributed by atoms with Gasteiger partial charge in [0.2, 0.25) is 5.95 Å². The van der Waals surface area contributed by atoms with E-state index in [9.17, 15) is 4.79 Å². The Morgan fingerprint density at radius 3 is 2.44 bits per heavy atom. The van der Waals surface area contributed by atoms with Crippen LogP contribution in [0, 0.1) is 6.92 Å². The van der Waals surface area contributed by atoms with Gasteiger partial charge in [-0.25, -0.2) is 9.78 Å². The number of anilines is 4. The largest absolute Gasteiger partial charge is 0.478 e. The average Bonchev–Trinajstić information content (AvgIpc) is 2.54. The van der Waals surface area contributed by atoms with E-state index in [0.29, 0.717) is 22.5 Å². The summed E-state index contributed by atoms with van der Waals surface area (Å²) in [6.07, 6.45) is 0. The van der Waals surface area contributed by atoms with Crippen LogP contribution in [0.25, 0.3) is 0 Å². The van der Waals surface area contributed by atoms with Crippen molar-refractivity contribution in [2.75, 3.05) is 10.6 Å². The number of halogens is 1. The number of aromatic carboxylic acids is 1. The van der Waals surface area contributed by atoms with Crippen LogP contribution in [0.15, 0.2) is 54.6 Å². The number of rotatable bonds is 5. The summed E-state index contributed by atoms with van der Waals surface area (Å²) >= 11 is 5.98. The lowest BCUT2D eigenvalue weighted by molar-refractivity contribution is 0.0697. The Morgan fingerprint density at radius 2 is 1.72 bits per heavy atom. The number of aryl methyl sites for hydroxylation is 1. The molecule has 2 aromatic carbocycles. The van der Waals surface area contributed by atoms with Gasteiger partial charge in [-0.15, -0.1) is 0 Å². The van der Waals surface area contributed by atoms with Crippen molar-refractivity contribution in [3.05, 3.63) is 70.9 Å². The van der Waals surface area contributed by atoms with Gasteiger partial charge in [-0.1, -0.05) is 23.7 Å². The fraction of sp³-hybridized carbons (Fsp3) is 0.0556. The molecule has 1 aromatic heterocycles. The van der Waals surface area contributed by atoms with E-state index >= 15 is 0 Å². The number of hydrogen-bond acceptors (Lipinski definition) is 5. The van der Waals surface area contributed by atoms with Gasteiger partial charge in [0, 0.05) is 28.2 Å². The van der Waals surface area contributed by atoms with Gasteiger partial charge in [-0.05, 0) is 43.3 Å². The average molecular weight is 355 g/mol. The van der Waals surface area contributed by atoms with Crippen molar-refractivity contribution in [3.8, 4) is 0 Å². The Bertz CT molecular complexity index is 930. The lowest BCUT2D eigenvalue weighted by Gasteiger charge is -2.10. The number of nitrogens with one attached hydrogen (secondary N) is 2. The van der Waals surface area contributed by atoms with Crippen LogP contribution in [0.4, 0.5) is 23.1 Å². The van der Waals surface area contributed by atoms with Crippen molar-refractivity contribution in [2.45, 2.75) is 6.92 Å². The molecule has 7 heteroatoms. The SMILES string of the molecule is Cc1cc(Nc2cccc(C(=O)O)c2)nc(Nc2cccc(Cl)c2)n1. The topological polar surface area (TPSA) is 87.1 Å². The molecule has 3 aromatic rings. The van der Waals surface area contributed by atoms with Gasteiger partial charge in [-0.3, -0.25) is 0 Å². The Morgan fingerprint density at radius 1 is 1.00 bits per heavy atom. The minimum atomic E-state index is -0.981. The number of carboxylic acid groups (broad SMARTS) is 1. The number of benzene rings is 2. The molecule has 126 valence electrons. The first-order valence-corrected chi connectivity index (χ1v) is 7.86. The molecule has 0 fully saturated rings. The van der Waals surface area contributed by atoms with Gasteiger partial charge in [-0.2, -0.15) is 4.98 Å². The molecule has 0 bridgehead atoms. The van der Waals surface area contributed by atoms with Crippen molar-refractivity contribution in [1.29, 1.82) is 0 Å². The summed E-state index contributed by atoms with van der Waals surface area (Å²) in [6.45, 7) is 1.85. The zero-order chi connectivity index (χ0) is 17.8. The number of nitrogens with zero attached hydrogens (tertiary/aromatic N) is 2. The zero-order valence-corrected chi connectivity index (χ0v) is 14.1. The summed E-state index contributed by atoms with van der Waals surface area (Å²) in [5.74, 6) is -0.00967. The van der Waals surface area contributed by atoms with Crippen LogP contribution in [0.5, 0.6) is 0 Å². The molecule has 0 radical (unpaired) electrons. The van der Waals surface area contributed by atoms with E-state index in [0.717, 1.165) is 11.4 Å². The highest BCUT2D eigenvalue weighted by Gasteiger charge is 2.06. The molecule has 3 rings (SSSR count). The summed E-state index contributed by atoms with van der Waals surface area (Å²) < 4.78 is 0. The zero-order valence-electron chi connectivity index (χ0n) is 13.3. The van der Waals surface area contributed by atoms with E-state index in [1.165, 1.54) is 6.07 Å². The quantitative estimate of drug-likeness (QED) is 0.619. The molecule has 0 amide bonds. The van der Waals surface area contributed by atoms with Crippen molar-refractivity contribution in [3.63, 3.8) is 0 Å². The van der Waals surface area contributed by atoms with E-state index < -0.39 is 5.97 Å². The Labute approximate surface area is 149 Å². The molecule has 1 heterocycles. The van der Waals surface area contributed by atoms with Crippen LogP contribution >= 0.6 is 11.6 Å². The maximum Gasteiger partial charge on any atom is 0.335 e. The first-order chi connectivity index (χ1) is 12.0. The summed E-state index contributed by atoms with van der Waals surface area (Å²) in [7, 11) is 0. The second-order valence-corrected chi connectivity index (χ2v) is 5.80. The fourth-order valence-corrected chi connectivity index (χ4v) is 2.45. The number of aromatic nitrogens is 2. The van der Waals surface area contributed by atoms with Gasteiger partial charge >= 0.3 is 5.97 Å². The summed E-state index contributed by atoms with van der Waals surface area (Å²) in [6, 6.07) is 15.5. The smallest absolute Gasteiger partial charge is 0.335 e. The van der Waals surface area contributed by atoms with Crippen LogP contribution < -0.4 is 10.6 Å². The lowest BCUT2D eigenvalue weighted by atomic mass is 10.2. The molecule has 0 spiro atoms. The van der Waals surface area contributed by atoms with E-state index in [1.54, 1.807) is 36.4 Å². The highest BCUT2D eigenvalue weighted by molar-refractivity contribution is 6.30. The van der Waals surface area contributed by atoms with Crippen LogP contribution in [0.3, 0.4) is 0 Å². The third kappa shape index (κ3) is 4.45. The predicted molar refractivity (Wildman–Crippen MR) is 98.2 cm³/mol. The molecule has 0 unspecified atom stereocenters. The fourth-order valence-electron chi connectivity index (χ4n) is 2.26. The molecule has 3 N–H and O–H groups in total. The summed E-state index contributed by atoms with van der Waals surface area (Å²) in [5.41, 5.74) is 2.37. The molecule has 0 saturated heterocycles. The van der Waals surface area contributed by atoms with Gasteiger partial charge < -0.3 is 15.7 Å². The monoisotopic (exact) mass is 354 g/mol. The van der Waals surface area contributed by atoms with Crippen molar-refractivity contribution < 1.29 is 9.90 Å². The molecule has 0 aliphatic rings. The first kappa shape index (κ1) is 16.7. The van der Waals surface area contributed by atoms with Crippen LogP contribution in [-0.4, -0.2) is 21.0 Å². The molecular weight excluding hydrogens is 340 g/mol. The second-order valence-electron chi connectivity index (χ2n) is 5.36. The van der Waals surface area contributed by atoms with Crippen molar-refractivity contribution >= 4 is 40.7 Å². The number of hydrogen-bond donors (Lipinski definition) is 3. The van der Waals surface area contributed by atoms with Crippen LogP contribution in [-0.2, 0) is 0 Å². The first-order valence-electron chi connectivity index (χ1n) is 7.48. The van der Waals surface area contributed by atoms with E-state index in [4.69, 9.17) is 16.7 Å². The Balaban J connectivity index is 1.84. The van der Waals surface area contributed by atoms with Crippen LogP contribution in [0.2, 0.25) is 5.02 Å². The minimum absolute atomic E-state index is 0.202. The third-order valence-corrected chi connectivity index (χ3v) is 3.55. The van der Waals surface area contributed by atoms with Crippen molar-refractivity contribution in [2.24, 2.45) is 0 Å². The third-order valence-electron chi connectivity index (χ3n) is 3.32. The van der Waals surface area contributed by atoms with Gasteiger partial charge in [0.1, 0.15) is 5.82 Å². The molecule has 25 heavy (non-hydrogen) atoms. The van der Waals surface area contributed by atoms with Crippen LogP contribution in [0.1, 0.15) is 16.1 Å². The Hall–Kier alpha value is -3.12. The maximum absolute atomic E-state index is 11.1. The van der Waals surface area contributed by atoms with E-state index in [-0.39, 0.29) is 5.56 Å². The molecule has 0 saturated carbocycles. The molecular formula is C18H15ClN4O2. The molecule has 0 aliphatic heterocycles. The molecule has 6 nitrogen and oxygen atoms in total. The van der Waals surface area contributed by atoms with Crippen molar-refractivity contribution in [1.82, 2.24) is 9.97 Å². The number of carboxylic acids is 1. The highest BCUT2D eigenvalue weighted by Crippen LogP contribution is 2.21. The van der Waals surface area contributed by atoms with Gasteiger partial charge in [0.05, 0.1) is 5.56 Å². The van der Waals surface area contributed by atoms with Gasteiger partial charge in [0.15, 0.2) is 0 Å². The predicted octanol–water partition coefficient (Wildman–Crippen LogP) is 4.62. The second kappa shape index (κ2) is 7.19. The normalized spacial score (nSPS) is 10.3. The van der Waals surface area contributed by atoms with E-state index in [2.05, 4.69) is 20.6 Å². The Kier molecular flexibility index (Phi) is 4.81. The van der Waals surface area contributed by atoms with E-state index in [1.807, 2.05) is 19.1 Å². The highest BCUT2D eigenvalue weighted by atomic mass is 35.5. The lowest BCUT2D eigenvalue weighted by Crippen LogP contribution is -2.03. The standard InChI is InChI=1S/C18H15ClN4O2/c1-11-8-16(21-14-6-2-4-12(9-14)17(24)25)23-18(20-11)22-15-7-3-5-13(19)10-15/h2-10H,1H3,(H,24,25)(H2,20,21,22,23). The summed E-state index contributed by atoms with van der Waals surface area (Å²) in [5, 5.41) is 15.9. The number of carbonyl (C=O) groups is 1.